The zero-order chi connectivity index (χ0) is 36.6. The van der Waals surface area contributed by atoms with Gasteiger partial charge < -0.3 is 29.5 Å². The van der Waals surface area contributed by atoms with Gasteiger partial charge in [-0.15, -0.1) is 0 Å². The van der Waals surface area contributed by atoms with Gasteiger partial charge in [0.1, 0.15) is 23.3 Å². The lowest BCUT2D eigenvalue weighted by Gasteiger charge is -2.38. The van der Waals surface area contributed by atoms with Gasteiger partial charge >= 0.3 is 23.9 Å². The lowest BCUT2D eigenvalue weighted by Crippen LogP contribution is -2.33. The summed E-state index contributed by atoms with van der Waals surface area (Å²) in [6.07, 6.45) is 7.73. The van der Waals surface area contributed by atoms with Crippen LogP contribution < -0.4 is 0 Å². The van der Waals surface area contributed by atoms with E-state index in [1.54, 1.807) is 0 Å². The first-order valence-corrected chi connectivity index (χ1v) is 17.7. The highest BCUT2D eigenvalue weighted by molar-refractivity contribution is 6.02. The molecule has 4 aliphatic rings. The van der Waals surface area contributed by atoms with Crippen molar-refractivity contribution in [3.05, 3.63) is 44.8 Å². The molecular weight excluding hydrogens is 640 g/mol. The number of hydrogen-bond donors (Lipinski definition) is 2. The summed E-state index contributed by atoms with van der Waals surface area (Å²) in [4.78, 5) is 55.1. The number of carboxylic acids is 2. The van der Waals surface area contributed by atoms with Crippen molar-refractivity contribution >= 4 is 23.9 Å². The predicted octanol–water partition coefficient (Wildman–Crippen LogP) is 5.78. The summed E-state index contributed by atoms with van der Waals surface area (Å²) in [5.41, 5.74) is 0.688. The molecule has 0 bridgehead atoms. The van der Waals surface area contributed by atoms with Crippen LogP contribution in [0.5, 0.6) is 0 Å². The van der Waals surface area contributed by atoms with Crippen LogP contribution in [0.2, 0.25) is 0 Å². The van der Waals surface area contributed by atoms with Gasteiger partial charge in [-0.25, -0.2) is 19.2 Å². The predicted molar refractivity (Wildman–Crippen MR) is 183 cm³/mol. The van der Waals surface area contributed by atoms with Crippen molar-refractivity contribution in [3.63, 3.8) is 0 Å². The van der Waals surface area contributed by atoms with E-state index in [1.165, 1.54) is 0 Å². The van der Waals surface area contributed by atoms with Crippen LogP contribution in [0.3, 0.4) is 0 Å². The third kappa shape index (κ3) is 9.15. The number of esters is 2. The van der Waals surface area contributed by atoms with Crippen molar-refractivity contribution in [1.82, 2.24) is 9.80 Å². The van der Waals surface area contributed by atoms with Gasteiger partial charge in [0.05, 0.1) is 24.4 Å². The molecule has 12 nitrogen and oxygen atoms in total. The maximum absolute atomic E-state index is 13.1. The van der Waals surface area contributed by atoms with Crippen molar-refractivity contribution < 1.29 is 38.9 Å². The lowest BCUT2D eigenvalue weighted by molar-refractivity contribution is -0.140. The fourth-order valence-corrected chi connectivity index (χ4v) is 7.64. The molecule has 0 spiro atoms. The van der Waals surface area contributed by atoms with E-state index in [9.17, 15) is 39.9 Å². The first kappa shape index (κ1) is 38.2. The van der Waals surface area contributed by atoms with Crippen molar-refractivity contribution in [1.29, 1.82) is 10.5 Å². The topological polar surface area (TPSA) is 181 Å². The number of carbonyl (C=O) groups is 4. The molecule has 0 atom stereocenters. The molecule has 0 amide bonds. The Kier molecular flexibility index (Phi) is 12.6. The third-order valence-electron chi connectivity index (χ3n) is 9.93. The van der Waals surface area contributed by atoms with Crippen LogP contribution >= 0.6 is 0 Å². The number of unbranched alkanes of at least 4 members (excludes halogenated alkanes) is 3. The average Bonchev–Trinajstić information content (AvgIpc) is 3.77. The Morgan fingerprint density at radius 1 is 0.620 bits per heavy atom. The van der Waals surface area contributed by atoms with Crippen molar-refractivity contribution in [2.24, 2.45) is 10.8 Å². The largest absolute Gasteiger partial charge is 0.478 e. The van der Waals surface area contributed by atoms with E-state index >= 15 is 0 Å². The Hall–Kier alpha value is -4.58. The van der Waals surface area contributed by atoms with E-state index in [0.29, 0.717) is 49.9 Å². The molecule has 2 aliphatic carbocycles. The van der Waals surface area contributed by atoms with Crippen molar-refractivity contribution in [2.75, 3.05) is 39.4 Å². The highest BCUT2D eigenvalue weighted by Gasteiger charge is 2.40. The van der Waals surface area contributed by atoms with Crippen molar-refractivity contribution in [2.45, 2.75) is 105 Å². The molecule has 0 radical (unpaired) electrons. The second-order valence-electron chi connectivity index (χ2n) is 15.3. The highest BCUT2D eigenvalue weighted by atomic mass is 16.5. The zero-order valence-corrected chi connectivity index (χ0v) is 29.9. The summed E-state index contributed by atoms with van der Waals surface area (Å²) < 4.78 is 10.8. The Bertz CT molecular complexity index is 1470. The molecular formula is C38H50N4O8. The molecule has 4 rings (SSSR count). The standard InChI is InChI=1S/C38H50N4O8/c1-37(2)19-25(31(33(43)44)29(21-37)41-13-7-8-14-41)27(23-39)35(47)49-17-11-5-6-12-18-50-36(48)28(24-40)26-20-38(3,4)22-30(32(26)34(45)46)42-15-9-10-16-42/h5-22H2,1-4H3,(H,43,44)(H,45,46)/b27-25+,28-26+. The number of carbonyl (C=O) groups excluding carboxylic acids is 2. The van der Waals surface area contributed by atoms with Gasteiger partial charge in [0.2, 0.25) is 0 Å². The summed E-state index contributed by atoms with van der Waals surface area (Å²) in [5.74, 6) is -3.96. The van der Waals surface area contributed by atoms with Crippen LogP contribution in [0, 0.1) is 33.5 Å². The molecule has 2 fully saturated rings. The van der Waals surface area contributed by atoms with Crippen LogP contribution in [-0.4, -0.2) is 83.3 Å². The number of nitriles is 2. The minimum atomic E-state index is -1.15. The molecule has 0 aromatic rings. The number of hydrogen-bond acceptors (Lipinski definition) is 10. The SMILES string of the molecule is CC1(C)CC(N2CCCC2)=C(C(=O)O)/C(=C(\C#N)C(=O)OCCCCCCOC(=O)/C(C#N)=C2\CC(C)(C)CC(N3CCCC3)=C2C(=O)O)C1. The van der Waals surface area contributed by atoms with Gasteiger partial charge in [-0.05, 0) is 99.0 Å². The highest BCUT2D eigenvalue weighted by Crippen LogP contribution is 2.46. The number of rotatable bonds is 13. The summed E-state index contributed by atoms with van der Waals surface area (Å²) in [6.45, 7) is 11.1. The molecule has 2 saturated heterocycles. The molecule has 2 N–H and O–H groups in total. The number of likely N-dealkylation sites (tertiary alicyclic amines) is 2. The maximum Gasteiger partial charge on any atom is 0.349 e. The number of ether oxygens (including phenoxy) is 2. The Labute approximate surface area is 294 Å². The first-order valence-electron chi connectivity index (χ1n) is 17.7. The van der Waals surface area contributed by atoms with Crippen LogP contribution in [0.1, 0.15) is 105 Å². The Morgan fingerprint density at radius 2 is 0.960 bits per heavy atom. The average molecular weight is 691 g/mol. The zero-order valence-electron chi connectivity index (χ0n) is 29.9. The van der Waals surface area contributed by atoms with E-state index in [4.69, 9.17) is 9.47 Å². The van der Waals surface area contributed by atoms with E-state index in [2.05, 4.69) is 9.80 Å². The van der Waals surface area contributed by atoms with Gasteiger partial charge in [0.15, 0.2) is 0 Å². The van der Waals surface area contributed by atoms with E-state index in [-0.39, 0.29) is 70.3 Å². The van der Waals surface area contributed by atoms with Gasteiger partial charge in [-0.2, -0.15) is 10.5 Å². The maximum atomic E-state index is 13.1. The van der Waals surface area contributed by atoms with Gasteiger partial charge in [-0.1, -0.05) is 27.7 Å². The number of nitrogens with zero attached hydrogens (tertiary/aromatic N) is 4. The fourth-order valence-electron chi connectivity index (χ4n) is 7.64. The number of allylic oxidation sites excluding steroid dienone is 2. The number of aliphatic carboxylic acids is 2. The summed E-state index contributed by atoms with van der Waals surface area (Å²) in [7, 11) is 0. The molecule has 270 valence electrons. The molecule has 2 heterocycles. The molecule has 2 aliphatic heterocycles. The van der Waals surface area contributed by atoms with Crippen LogP contribution in [0.25, 0.3) is 0 Å². The molecule has 50 heavy (non-hydrogen) atoms. The second-order valence-corrected chi connectivity index (χ2v) is 15.3. The van der Waals surface area contributed by atoms with Crippen LogP contribution in [0.15, 0.2) is 44.8 Å². The van der Waals surface area contributed by atoms with E-state index in [1.807, 2.05) is 39.8 Å². The molecule has 0 aromatic carbocycles. The summed E-state index contributed by atoms with van der Waals surface area (Å²) in [5, 5.41) is 40.2. The monoisotopic (exact) mass is 690 g/mol. The van der Waals surface area contributed by atoms with Gasteiger partial charge in [0, 0.05) is 37.6 Å². The molecule has 0 unspecified atom stereocenters. The van der Waals surface area contributed by atoms with E-state index in [0.717, 1.165) is 51.9 Å². The van der Waals surface area contributed by atoms with Crippen LogP contribution in [0.4, 0.5) is 0 Å². The van der Waals surface area contributed by atoms with Crippen molar-refractivity contribution in [3.8, 4) is 12.1 Å². The Morgan fingerprint density at radius 3 is 1.26 bits per heavy atom. The number of carboxylic acid groups (broad SMARTS) is 2. The summed E-state index contributed by atoms with van der Waals surface area (Å²) >= 11 is 0. The molecule has 12 heteroatoms. The van der Waals surface area contributed by atoms with Crippen LogP contribution in [-0.2, 0) is 28.7 Å². The lowest BCUT2D eigenvalue weighted by atomic mass is 9.72. The normalized spacial score (nSPS) is 22.1. The first-order chi connectivity index (χ1) is 23.7. The summed E-state index contributed by atoms with van der Waals surface area (Å²) in [6, 6.07) is 3.86. The fraction of sp³-hybridized carbons (Fsp3) is 0.632. The van der Waals surface area contributed by atoms with E-state index < -0.39 is 23.9 Å². The Balaban J connectivity index is 1.32. The second kappa shape index (κ2) is 16.4. The molecule has 0 aromatic heterocycles. The minimum absolute atomic E-state index is 0.0374. The third-order valence-corrected chi connectivity index (χ3v) is 9.93. The smallest absolute Gasteiger partial charge is 0.349 e. The van der Waals surface area contributed by atoms with Gasteiger partial charge in [-0.3, -0.25) is 0 Å². The quantitative estimate of drug-likeness (QED) is 0.103. The molecule has 0 saturated carbocycles. The minimum Gasteiger partial charge on any atom is -0.478 e. The van der Waals surface area contributed by atoms with Gasteiger partial charge in [0.25, 0.3) is 0 Å².